The van der Waals surface area contributed by atoms with Crippen molar-refractivity contribution in [3.8, 4) is 11.5 Å². The Bertz CT molecular complexity index is 2680. The van der Waals surface area contributed by atoms with Gasteiger partial charge in [0.2, 0.25) is 0 Å². The first-order chi connectivity index (χ1) is 27.7. The minimum Gasteiger partial charge on any atom is -0.493 e. The zero-order chi connectivity index (χ0) is 39.5. The Morgan fingerprint density at radius 3 is 1.89 bits per heavy atom. The number of aryl methyl sites for hydroxylation is 2. The first-order valence-corrected chi connectivity index (χ1v) is 18.5. The van der Waals surface area contributed by atoms with Crippen LogP contribution in [0.3, 0.4) is 0 Å². The van der Waals surface area contributed by atoms with Crippen LogP contribution in [0, 0.1) is 0 Å². The summed E-state index contributed by atoms with van der Waals surface area (Å²) in [6.07, 6.45) is 5.97. The van der Waals surface area contributed by atoms with Gasteiger partial charge in [-0.1, -0.05) is 48.5 Å². The number of rotatable bonds is 13. The molecule has 13 nitrogen and oxygen atoms in total. The summed E-state index contributed by atoms with van der Waals surface area (Å²) in [5, 5.41) is 16.9. The van der Waals surface area contributed by atoms with E-state index in [9.17, 15) is 9.59 Å². The molecule has 0 aliphatic heterocycles. The van der Waals surface area contributed by atoms with Crippen LogP contribution in [0.5, 0.6) is 11.5 Å². The highest BCUT2D eigenvalue weighted by atomic mass is 16.5. The number of hydrogen-bond donors (Lipinski definition) is 2. The summed E-state index contributed by atoms with van der Waals surface area (Å²) in [6.45, 7) is 2.32. The largest absolute Gasteiger partial charge is 0.493 e. The summed E-state index contributed by atoms with van der Waals surface area (Å²) in [5.74, 6) is -0.276. The number of nitrogens with one attached hydrogen (secondary N) is 2. The van der Waals surface area contributed by atoms with E-state index < -0.39 is 11.8 Å². The Balaban J connectivity index is 0.980. The molecule has 0 fully saturated rings. The minimum atomic E-state index is -0.525. The van der Waals surface area contributed by atoms with Crippen LogP contribution in [0.25, 0.3) is 32.8 Å². The molecule has 5 aromatic carbocycles. The van der Waals surface area contributed by atoms with Gasteiger partial charge in [0.25, 0.3) is 11.8 Å². The van der Waals surface area contributed by atoms with Gasteiger partial charge < -0.3 is 20.1 Å². The Labute approximate surface area is 328 Å². The van der Waals surface area contributed by atoms with Crippen molar-refractivity contribution in [3.05, 3.63) is 144 Å². The van der Waals surface area contributed by atoms with Crippen LogP contribution in [0.1, 0.15) is 37.5 Å². The molecule has 0 radical (unpaired) electrons. The van der Waals surface area contributed by atoms with E-state index in [2.05, 4.69) is 72.1 Å². The number of aromatic nitrogens is 6. The summed E-state index contributed by atoms with van der Waals surface area (Å²) < 4.78 is 14.8. The highest BCUT2D eigenvalue weighted by Gasteiger charge is 2.21. The Hall–Kier alpha value is -7.12. The molecule has 3 aromatic heterocycles. The van der Waals surface area contributed by atoms with Gasteiger partial charge in [0.1, 0.15) is 5.69 Å². The number of amides is 2. The van der Waals surface area contributed by atoms with Gasteiger partial charge >= 0.3 is 0 Å². The minimum absolute atomic E-state index is 0.105. The maximum Gasteiger partial charge on any atom is 0.275 e. The Morgan fingerprint density at radius 2 is 1.26 bits per heavy atom. The highest BCUT2D eigenvalue weighted by Crippen LogP contribution is 2.34. The molecule has 8 rings (SSSR count). The number of carbonyl (C=O) groups is 2. The molecule has 0 aliphatic carbocycles. The van der Waals surface area contributed by atoms with Crippen molar-refractivity contribution in [2.24, 2.45) is 14.1 Å². The molecule has 0 atom stereocenters. The summed E-state index contributed by atoms with van der Waals surface area (Å²) in [6, 6.07) is 31.2. The molecule has 0 aliphatic rings. The summed E-state index contributed by atoms with van der Waals surface area (Å²) in [7, 11) is 6.90. The second-order valence-corrected chi connectivity index (χ2v) is 13.9. The fourth-order valence-electron chi connectivity index (χ4n) is 6.97. The summed E-state index contributed by atoms with van der Waals surface area (Å²) in [4.78, 5) is 38.4. The fraction of sp³-hybridized carbons (Fsp3) is 0.182. The van der Waals surface area contributed by atoms with Gasteiger partial charge in [0, 0.05) is 56.3 Å². The fourth-order valence-corrected chi connectivity index (χ4v) is 6.97. The third kappa shape index (κ3) is 8.00. The van der Waals surface area contributed by atoms with Crippen molar-refractivity contribution in [1.29, 1.82) is 0 Å². The van der Waals surface area contributed by atoms with Crippen LogP contribution in [0.15, 0.2) is 116 Å². The number of hydrogen-bond acceptors (Lipinski definition) is 9. The molecule has 2 amide bonds. The standard InChI is InChI=1S/C44H41N9O4/c1-51-39-19-29(9-13-31(39)23-46-51)26-53(27-30-10-14-32-24-47-52(2)40(32)20-30)18-17-28-11-15-33(16-12-28)48-43(54)34-21-41(56-3)42(57-4)22-37(34)50-44(55)38-25-45-35-7-5-6-8-36(35)49-38/h5-16,19-25H,17-18,26-27H2,1-4H3,(H,48,54)(H,50,55). The van der Waals surface area contributed by atoms with Crippen LogP contribution in [-0.4, -0.2) is 67.0 Å². The van der Waals surface area contributed by atoms with Crippen LogP contribution < -0.4 is 20.1 Å². The van der Waals surface area contributed by atoms with E-state index >= 15 is 0 Å². The van der Waals surface area contributed by atoms with E-state index in [1.165, 1.54) is 37.6 Å². The van der Waals surface area contributed by atoms with Crippen molar-refractivity contribution in [2.75, 3.05) is 31.4 Å². The Kier molecular flexibility index (Phi) is 10.3. The number of anilines is 2. The smallest absolute Gasteiger partial charge is 0.275 e. The highest BCUT2D eigenvalue weighted by molar-refractivity contribution is 6.13. The van der Waals surface area contributed by atoms with Gasteiger partial charge in [-0.2, -0.15) is 10.2 Å². The van der Waals surface area contributed by atoms with Gasteiger partial charge in [-0.25, -0.2) is 4.98 Å². The summed E-state index contributed by atoms with van der Waals surface area (Å²) in [5.41, 5.74) is 8.11. The molecule has 286 valence electrons. The van der Waals surface area contributed by atoms with Crippen molar-refractivity contribution in [2.45, 2.75) is 19.5 Å². The molecular formula is C44H41N9O4. The van der Waals surface area contributed by atoms with Crippen LogP contribution in [-0.2, 0) is 33.6 Å². The quantitative estimate of drug-likeness (QED) is 0.125. The first kappa shape index (κ1) is 36.8. The average molecular weight is 760 g/mol. The topological polar surface area (TPSA) is 141 Å². The first-order valence-electron chi connectivity index (χ1n) is 18.5. The monoisotopic (exact) mass is 759 g/mol. The normalized spacial score (nSPS) is 11.4. The zero-order valence-electron chi connectivity index (χ0n) is 32.1. The van der Waals surface area contributed by atoms with Gasteiger partial charge in [0.05, 0.1) is 66.1 Å². The predicted octanol–water partition coefficient (Wildman–Crippen LogP) is 7.17. The van der Waals surface area contributed by atoms with Gasteiger partial charge in [-0.05, 0) is 65.6 Å². The molecule has 2 N–H and O–H groups in total. The van der Waals surface area contributed by atoms with E-state index in [1.54, 1.807) is 12.1 Å². The van der Waals surface area contributed by atoms with Crippen molar-refractivity contribution >= 4 is 56.0 Å². The lowest BCUT2D eigenvalue weighted by Gasteiger charge is -2.23. The number of benzene rings is 5. The van der Waals surface area contributed by atoms with Crippen LogP contribution in [0.2, 0.25) is 0 Å². The SMILES string of the molecule is COc1cc(NC(=O)c2cnc3ccccc3n2)c(C(=O)Nc2ccc(CCN(Cc3ccc4cnn(C)c4c3)Cc3ccc4cnn(C)c4c3)cc2)cc1OC. The number of nitrogens with zero attached hydrogens (tertiary/aromatic N) is 7. The number of para-hydroxylation sites is 2. The summed E-state index contributed by atoms with van der Waals surface area (Å²) >= 11 is 0. The number of fused-ring (bicyclic) bond motifs is 3. The maximum absolute atomic E-state index is 13.8. The molecular weight excluding hydrogens is 719 g/mol. The van der Waals surface area contributed by atoms with Gasteiger partial charge in [0.15, 0.2) is 11.5 Å². The Morgan fingerprint density at radius 1 is 0.667 bits per heavy atom. The van der Waals surface area contributed by atoms with E-state index in [4.69, 9.17) is 9.47 Å². The molecule has 57 heavy (non-hydrogen) atoms. The van der Waals surface area contributed by atoms with Crippen molar-refractivity contribution in [1.82, 2.24) is 34.4 Å². The number of carbonyl (C=O) groups excluding carboxylic acids is 2. The zero-order valence-corrected chi connectivity index (χ0v) is 32.1. The van der Waals surface area contributed by atoms with E-state index in [0.29, 0.717) is 28.2 Å². The van der Waals surface area contributed by atoms with E-state index in [-0.39, 0.29) is 16.9 Å². The number of methoxy groups -OCH3 is 2. The predicted molar refractivity (Wildman–Crippen MR) is 221 cm³/mol. The van der Waals surface area contributed by atoms with Gasteiger partial charge in [-0.15, -0.1) is 0 Å². The molecule has 0 spiro atoms. The van der Waals surface area contributed by atoms with Crippen LogP contribution >= 0.6 is 0 Å². The van der Waals surface area contributed by atoms with Crippen molar-refractivity contribution < 1.29 is 19.1 Å². The van der Waals surface area contributed by atoms with Crippen molar-refractivity contribution in [3.63, 3.8) is 0 Å². The second-order valence-electron chi connectivity index (χ2n) is 13.9. The lowest BCUT2D eigenvalue weighted by atomic mass is 10.1. The third-order valence-corrected chi connectivity index (χ3v) is 10.1. The molecule has 0 unspecified atom stereocenters. The lowest BCUT2D eigenvalue weighted by molar-refractivity contribution is 0.102. The molecule has 0 bridgehead atoms. The molecule has 0 saturated carbocycles. The second kappa shape index (κ2) is 15.9. The average Bonchev–Trinajstić information content (AvgIpc) is 3.80. The third-order valence-electron chi connectivity index (χ3n) is 10.1. The molecule has 3 heterocycles. The van der Waals surface area contributed by atoms with E-state index in [1.807, 2.05) is 78.3 Å². The van der Waals surface area contributed by atoms with Gasteiger partial charge in [-0.3, -0.25) is 28.8 Å². The lowest BCUT2D eigenvalue weighted by Crippen LogP contribution is -2.25. The number of ether oxygens (including phenoxy) is 2. The molecule has 0 saturated heterocycles. The maximum atomic E-state index is 13.8. The molecule has 8 aromatic rings. The molecule has 13 heteroatoms. The van der Waals surface area contributed by atoms with E-state index in [0.717, 1.165) is 53.4 Å². The van der Waals surface area contributed by atoms with Crippen LogP contribution in [0.4, 0.5) is 11.4 Å².